The van der Waals surface area contributed by atoms with Crippen molar-refractivity contribution in [2.75, 3.05) is 7.05 Å². The van der Waals surface area contributed by atoms with Crippen molar-refractivity contribution in [1.82, 2.24) is 10.6 Å². The summed E-state index contributed by atoms with van der Waals surface area (Å²) < 4.78 is 29.1. The van der Waals surface area contributed by atoms with Crippen LogP contribution < -0.4 is 15.4 Å². The Bertz CT molecular complexity index is 790. The second-order valence-electron chi connectivity index (χ2n) is 5.24. The van der Waals surface area contributed by atoms with Gasteiger partial charge in [0.1, 0.15) is 5.75 Å². The molecule has 7 heteroatoms. The fourth-order valence-electron chi connectivity index (χ4n) is 2.16. The molecule has 0 heterocycles. The molecule has 2 rings (SSSR count). The van der Waals surface area contributed by atoms with E-state index >= 15 is 0 Å². The molecule has 5 nitrogen and oxygen atoms in total. The van der Waals surface area contributed by atoms with Crippen molar-refractivity contribution >= 4 is 17.9 Å². The third-order valence-electron chi connectivity index (χ3n) is 3.47. The lowest BCUT2D eigenvalue weighted by atomic mass is 10.1. The number of ether oxygens (including phenoxy) is 1. The lowest BCUT2D eigenvalue weighted by Crippen LogP contribution is -2.21. The molecular formula is C19H18F2N2O3. The number of carbonyl (C=O) groups excluding carboxylic acids is 2. The largest absolute Gasteiger partial charge is 0.434 e. The van der Waals surface area contributed by atoms with Gasteiger partial charge in [0.25, 0.3) is 5.91 Å². The van der Waals surface area contributed by atoms with Crippen molar-refractivity contribution in [3.05, 3.63) is 71.3 Å². The highest BCUT2D eigenvalue weighted by Gasteiger charge is 2.09. The van der Waals surface area contributed by atoms with Crippen LogP contribution in [0.25, 0.3) is 6.08 Å². The smallest absolute Gasteiger partial charge is 0.387 e. The first-order valence-corrected chi connectivity index (χ1v) is 7.80. The molecule has 0 spiro atoms. The molecule has 2 N–H and O–H groups in total. The molecular weight excluding hydrogens is 342 g/mol. The van der Waals surface area contributed by atoms with E-state index in [1.54, 1.807) is 55.6 Å². The predicted molar refractivity (Wildman–Crippen MR) is 93.8 cm³/mol. The lowest BCUT2D eigenvalue weighted by molar-refractivity contribution is -0.116. The van der Waals surface area contributed by atoms with E-state index in [0.29, 0.717) is 11.1 Å². The molecule has 0 bridgehead atoms. The van der Waals surface area contributed by atoms with Crippen LogP contribution in [0, 0.1) is 0 Å². The van der Waals surface area contributed by atoms with Crippen molar-refractivity contribution in [2.24, 2.45) is 0 Å². The van der Waals surface area contributed by atoms with E-state index in [1.807, 2.05) is 0 Å². The van der Waals surface area contributed by atoms with Gasteiger partial charge in [0.2, 0.25) is 5.91 Å². The van der Waals surface area contributed by atoms with E-state index in [-0.39, 0.29) is 24.1 Å². The van der Waals surface area contributed by atoms with Crippen LogP contribution in [0.1, 0.15) is 21.5 Å². The molecule has 0 aromatic heterocycles. The molecule has 0 fully saturated rings. The Balaban J connectivity index is 1.93. The number of alkyl halides is 2. The zero-order valence-corrected chi connectivity index (χ0v) is 14.0. The number of amides is 2. The Labute approximate surface area is 149 Å². The van der Waals surface area contributed by atoms with Gasteiger partial charge in [-0.2, -0.15) is 8.78 Å². The van der Waals surface area contributed by atoms with Gasteiger partial charge < -0.3 is 15.4 Å². The molecule has 0 radical (unpaired) electrons. The minimum Gasteiger partial charge on any atom is -0.434 e. The van der Waals surface area contributed by atoms with E-state index < -0.39 is 6.61 Å². The van der Waals surface area contributed by atoms with Crippen LogP contribution in [0.4, 0.5) is 8.78 Å². The van der Waals surface area contributed by atoms with Crippen LogP contribution in [0.5, 0.6) is 5.75 Å². The summed E-state index contributed by atoms with van der Waals surface area (Å²) in [5, 5.41) is 5.13. The number of para-hydroxylation sites is 1. The van der Waals surface area contributed by atoms with Crippen LogP contribution in [-0.2, 0) is 11.3 Å². The molecule has 0 unspecified atom stereocenters. The zero-order chi connectivity index (χ0) is 18.9. The molecule has 0 saturated heterocycles. The van der Waals surface area contributed by atoms with Crippen LogP contribution >= 0.6 is 0 Å². The number of hydrogen-bond donors (Lipinski definition) is 2. The Morgan fingerprint density at radius 2 is 1.81 bits per heavy atom. The number of carbonyl (C=O) groups is 2. The number of nitrogens with one attached hydrogen (secondary N) is 2. The fourth-order valence-corrected chi connectivity index (χ4v) is 2.16. The highest BCUT2D eigenvalue weighted by atomic mass is 19.3. The summed E-state index contributed by atoms with van der Waals surface area (Å²) in [6.07, 6.45) is 2.91. The summed E-state index contributed by atoms with van der Waals surface area (Å²) in [7, 11) is 1.55. The van der Waals surface area contributed by atoms with Gasteiger partial charge in [0.15, 0.2) is 0 Å². The third kappa shape index (κ3) is 5.70. The van der Waals surface area contributed by atoms with Crippen LogP contribution in [-0.4, -0.2) is 25.5 Å². The van der Waals surface area contributed by atoms with Gasteiger partial charge in [-0.15, -0.1) is 0 Å². The molecule has 0 aliphatic rings. The second-order valence-corrected chi connectivity index (χ2v) is 5.24. The van der Waals surface area contributed by atoms with Gasteiger partial charge in [-0.1, -0.05) is 30.3 Å². The summed E-state index contributed by atoms with van der Waals surface area (Å²) in [6.45, 7) is -2.87. The average molecular weight is 360 g/mol. The standard InChI is InChI=1S/C19H18F2N2O3/c1-22-18(25)14-9-6-13(7-10-14)8-11-17(24)23-12-15-4-2-3-5-16(15)26-19(20)21/h2-11,19H,12H2,1H3,(H,22,25)(H,23,24)/b11-8+. The van der Waals surface area contributed by atoms with Crippen LogP contribution in [0.2, 0.25) is 0 Å². The summed E-state index contributed by atoms with van der Waals surface area (Å²) in [4.78, 5) is 23.3. The highest BCUT2D eigenvalue weighted by Crippen LogP contribution is 2.19. The van der Waals surface area contributed by atoms with Gasteiger partial charge in [0.05, 0.1) is 0 Å². The SMILES string of the molecule is CNC(=O)c1ccc(/C=C/C(=O)NCc2ccccc2OC(F)F)cc1. The number of hydrogen-bond acceptors (Lipinski definition) is 3. The van der Waals surface area contributed by atoms with E-state index in [2.05, 4.69) is 15.4 Å². The summed E-state index contributed by atoms with van der Waals surface area (Å²) in [5.74, 6) is -0.549. The van der Waals surface area contributed by atoms with E-state index in [9.17, 15) is 18.4 Å². The first kappa shape index (κ1) is 19.1. The van der Waals surface area contributed by atoms with E-state index in [1.165, 1.54) is 12.1 Å². The Kier molecular flexibility index (Phi) is 6.84. The number of rotatable bonds is 7. The predicted octanol–water partition coefficient (Wildman–Crippen LogP) is 2.98. The highest BCUT2D eigenvalue weighted by molar-refractivity contribution is 5.94. The summed E-state index contributed by atoms with van der Waals surface area (Å²) >= 11 is 0. The lowest BCUT2D eigenvalue weighted by Gasteiger charge is -2.10. The Hall–Kier alpha value is -3.22. The molecule has 2 aromatic carbocycles. The third-order valence-corrected chi connectivity index (χ3v) is 3.47. The van der Waals surface area contributed by atoms with Crippen molar-refractivity contribution in [3.63, 3.8) is 0 Å². The normalized spacial score (nSPS) is 10.8. The maximum absolute atomic E-state index is 12.4. The van der Waals surface area contributed by atoms with Gasteiger partial charge in [-0.05, 0) is 29.8 Å². The van der Waals surface area contributed by atoms with Gasteiger partial charge >= 0.3 is 6.61 Å². The monoisotopic (exact) mass is 360 g/mol. The topological polar surface area (TPSA) is 67.4 Å². The van der Waals surface area contributed by atoms with E-state index in [0.717, 1.165) is 5.56 Å². The van der Waals surface area contributed by atoms with Gasteiger partial charge in [0, 0.05) is 30.8 Å². The molecule has 0 aliphatic carbocycles. The minimum atomic E-state index is -2.93. The van der Waals surface area contributed by atoms with Crippen molar-refractivity contribution in [1.29, 1.82) is 0 Å². The second kappa shape index (κ2) is 9.31. The molecule has 2 aromatic rings. The molecule has 0 aliphatic heterocycles. The van der Waals surface area contributed by atoms with E-state index in [4.69, 9.17) is 0 Å². The first-order valence-electron chi connectivity index (χ1n) is 7.80. The molecule has 26 heavy (non-hydrogen) atoms. The quantitative estimate of drug-likeness (QED) is 0.746. The summed E-state index contributed by atoms with van der Waals surface area (Å²) in [5.41, 5.74) is 1.71. The minimum absolute atomic E-state index is 0.0246. The van der Waals surface area contributed by atoms with Crippen molar-refractivity contribution in [3.8, 4) is 5.75 Å². The first-order chi connectivity index (χ1) is 12.5. The Morgan fingerprint density at radius 1 is 1.12 bits per heavy atom. The molecule has 2 amide bonds. The molecule has 136 valence electrons. The van der Waals surface area contributed by atoms with Gasteiger partial charge in [-0.25, -0.2) is 0 Å². The van der Waals surface area contributed by atoms with Crippen molar-refractivity contribution < 1.29 is 23.1 Å². The molecule has 0 atom stereocenters. The maximum Gasteiger partial charge on any atom is 0.387 e. The zero-order valence-electron chi connectivity index (χ0n) is 14.0. The molecule has 0 saturated carbocycles. The Morgan fingerprint density at radius 3 is 2.46 bits per heavy atom. The fraction of sp³-hybridized carbons (Fsp3) is 0.158. The van der Waals surface area contributed by atoms with Crippen LogP contribution in [0.15, 0.2) is 54.6 Å². The van der Waals surface area contributed by atoms with Gasteiger partial charge in [-0.3, -0.25) is 9.59 Å². The van der Waals surface area contributed by atoms with Crippen molar-refractivity contribution in [2.45, 2.75) is 13.2 Å². The maximum atomic E-state index is 12.4. The number of benzene rings is 2. The summed E-state index contributed by atoms with van der Waals surface area (Å²) in [6, 6.07) is 13.0. The van der Waals surface area contributed by atoms with Crippen LogP contribution in [0.3, 0.4) is 0 Å². The average Bonchev–Trinajstić information content (AvgIpc) is 2.65. The number of halogens is 2.